The second-order valence-corrected chi connectivity index (χ2v) is 7.22. The van der Waals surface area contributed by atoms with Crippen molar-refractivity contribution < 1.29 is 14.3 Å². The van der Waals surface area contributed by atoms with Crippen LogP contribution in [0.15, 0.2) is 54.6 Å². The van der Waals surface area contributed by atoms with Crippen LogP contribution in [-0.2, 0) is 16.0 Å². The fourth-order valence-corrected chi connectivity index (χ4v) is 3.09. The molecule has 0 N–H and O–H groups in total. The number of ether oxygens (including phenoxy) is 1. The molecule has 0 spiro atoms. The van der Waals surface area contributed by atoms with Crippen LogP contribution in [0.5, 0.6) is 5.75 Å². The Hall–Kier alpha value is -2.62. The van der Waals surface area contributed by atoms with E-state index in [4.69, 9.17) is 4.74 Å². The first-order chi connectivity index (χ1) is 11.9. The van der Waals surface area contributed by atoms with Gasteiger partial charge in [0.15, 0.2) is 0 Å². The number of rotatable bonds is 5. The molecule has 0 radical (unpaired) electrons. The normalized spacial score (nSPS) is 16.8. The van der Waals surface area contributed by atoms with E-state index in [1.807, 2.05) is 32.0 Å². The summed E-state index contributed by atoms with van der Waals surface area (Å²) in [5, 5.41) is 0. The Morgan fingerprint density at radius 2 is 1.52 bits per heavy atom. The van der Waals surface area contributed by atoms with Gasteiger partial charge in [0.25, 0.3) is 0 Å². The molecule has 0 aromatic heterocycles. The molecular weight excluding hydrogens is 314 g/mol. The van der Waals surface area contributed by atoms with Crippen LogP contribution < -0.4 is 9.64 Å². The lowest BCUT2D eigenvalue weighted by molar-refractivity contribution is -0.132. The van der Waals surface area contributed by atoms with Gasteiger partial charge in [0.2, 0.25) is 11.8 Å². The largest absolute Gasteiger partial charge is 0.493 e. The van der Waals surface area contributed by atoms with Gasteiger partial charge >= 0.3 is 0 Å². The molecule has 1 heterocycles. The van der Waals surface area contributed by atoms with E-state index in [0.717, 1.165) is 12.2 Å². The van der Waals surface area contributed by atoms with Gasteiger partial charge in [-0.25, -0.2) is 0 Å². The summed E-state index contributed by atoms with van der Waals surface area (Å²) >= 11 is 0. The van der Waals surface area contributed by atoms with Crippen molar-refractivity contribution in [1.29, 1.82) is 0 Å². The van der Waals surface area contributed by atoms with E-state index in [0.29, 0.717) is 25.1 Å². The van der Waals surface area contributed by atoms with Gasteiger partial charge < -0.3 is 4.74 Å². The summed E-state index contributed by atoms with van der Waals surface area (Å²) in [4.78, 5) is 25.9. The number of carbonyl (C=O) groups excluding carboxylic acids is 2. The molecule has 2 aromatic rings. The van der Waals surface area contributed by atoms with Crippen LogP contribution in [0.3, 0.4) is 0 Å². The lowest BCUT2D eigenvalue weighted by Gasteiger charge is -2.34. The molecule has 0 aliphatic carbocycles. The van der Waals surface area contributed by atoms with E-state index < -0.39 is 0 Å². The predicted octanol–water partition coefficient (Wildman–Crippen LogP) is 3.99. The molecule has 0 bridgehead atoms. The lowest BCUT2D eigenvalue weighted by atomic mass is 9.81. The Kier molecular flexibility index (Phi) is 4.88. The predicted molar refractivity (Wildman–Crippen MR) is 97.6 cm³/mol. The molecule has 3 rings (SSSR count). The van der Waals surface area contributed by atoms with E-state index in [2.05, 4.69) is 12.1 Å². The summed E-state index contributed by atoms with van der Waals surface area (Å²) in [5.41, 5.74) is 1.58. The Bertz CT molecular complexity index is 730. The Morgan fingerprint density at radius 1 is 0.920 bits per heavy atom. The molecule has 1 fully saturated rings. The molecule has 1 aliphatic heterocycles. The van der Waals surface area contributed by atoms with Crippen molar-refractivity contribution in [2.75, 3.05) is 11.5 Å². The first-order valence-electron chi connectivity index (χ1n) is 8.57. The average Bonchev–Trinajstić information content (AvgIpc) is 2.55. The van der Waals surface area contributed by atoms with Crippen LogP contribution in [0.2, 0.25) is 0 Å². The molecule has 4 nitrogen and oxygen atoms in total. The third-order valence-electron chi connectivity index (χ3n) is 4.36. The number of anilines is 1. The second-order valence-electron chi connectivity index (χ2n) is 7.22. The lowest BCUT2D eigenvalue weighted by Crippen LogP contribution is -2.46. The minimum atomic E-state index is -0.259. The highest BCUT2D eigenvalue weighted by molar-refractivity contribution is 6.16. The topological polar surface area (TPSA) is 46.6 Å². The summed E-state index contributed by atoms with van der Waals surface area (Å²) in [6.45, 7) is 4.48. The maximum absolute atomic E-state index is 12.3. The number of amides is 2. The van der Waals surface area contributed by atoms with Crippen molar-refractivity contribution in [1.82, 2.24) is 0 Å². The maximum atomic E-state index is 12.3. The zero-order valence-electron chi connectivity index (χ0n) is 14.7. The molecule has 1 saturated heterocycles. The first kappa shape index (κ1) is 17.2. The monoisotopic (exact) mass is 337 g/mol. The molecular formula is C21H23NO3. The van der Waals surface area contributed by atoms with Crippen LogP contribution >= 0.6 is 0 Å². The fraction of sp³-hybridized carbons (Fsp3) is 0.333. The molecule has 0 saturated carbocycles. The second kappa shape index (κ2) is 7.09. The highest BCUT2D eigenvalue weighted by atomic mass is 16.5. The van der Waals surface area contributed by atoms with Crippen LogP contribution in [0.1, 0.15) is 32.3 Å². The number of benzene rings is 2. The van der Waals surface area contributed by atoms with Gasteiger partial charge in [0.05, 0.1) is 12.3 Å². The van der Waals surface area contributed by atoms with Crippen molar-refractivity contribution >= 4 is 17.5 Å². The summed E-state index contributed by atoms with van der Waals surface area (Å²) < 4.78 is 5.75. The van der Waals surface area contributed by atoms with Crippen molar-refractivity contribution in [2.24, 2.45) is 5.41 Å². The molecule has 0 unspecified atom stereocenters. The van der Waals surface area contributed by atoms with E-state index in [9.17, 15) is 9.59 Å². The Morgan fingerprint density at radius 3 is 2.12 bits per heavy atom. The number of imide groups is 1. The highest BCUT2D eigenvalue weighted by Crippen LogP contribution is 2.34. The number of hydrogen-bond acceptors (Lipinski definition) is 3. The third-order valence-corrected chi connectivity index (χ3v) is 4.36. The van der Waals surface area contributed by atoms with Crippen LogP contribution in [0, 0.1) is 5.41 Å². The van der Waals surface area contributed by atoms with E-state index >= 15 is 0 Å². The molecule has 25 heavy (non-hydrogen) atoms. The average molecular weight is 337 g/mol. The standard InChI is InChI=1S/C21H23NO3/c1-21(2)14-19(23)22(20(24)15-21)17-8-10-18(11-9-17)25-13-12-16-6-4-3-5-7-16/h3-11H,12-15H2,1-2H3. The van der Waals surface area contributed by atoms with Gasteiger partial charge in [-0.2, -0.15) is 0 Å². The van der Waals surface area contributed by atoms with Crippen molar-refractivity contribution in [3.8, 4) is 5.75 Å². The van der Waals surface area contributed by atoms with Crippen LogP contribution in [-0.4, -0.2) is 18.4 Å². The SMILES string of the molecule is CC1(C)CC(=O)N(c2ccc(OCCc3ccccc3)cc2)C(=O)C1. The smallest absolute Gasteiger partial charge is 0.234 e. The van der Waals surface area contributed by atoms with Gasteiger partial charge in [-0.15, -0.1) is 0 Å². The molecule has 4 heteroatoms. The molecule has 0 atom stereocenters. The van der Waals surface area contributed by atoms with Crippen molar-refractivity contribution in [2.45, 2.75) is 33.1 Å². The summed E-state index contributed by atoms with van der Waals surface area (Å²) in [5.74, 6) is 0.454. The van der Waals surface area contributed by atoms with E-state index in [-0.39, 0.29) is 17.2 Å². The van der Waals surface area contributed by atoms with E-state index in [1.54, 1.807) is 24.3 Å². The Labute approximate surface area is 148 Å². The van der Waals surface area contributed by atoms with Crippen molar-refractivity contribution in [3.05, 3.63) is 60.2 Å². The maximum Gasteiger partial charge on any atom is 0.234 e. The quantitative estimate of drug-likeness (QED) is 0.775. The van der Waals surface area contributed by atoms with Gasteiger partial charge in [-0.3, -0.25) is 14.5 Å². The summed E-state index contributed by atoms with van der Waals surface area (Å²) in [6.07, 6.45) is 1.60. The number of nitrogens with zero attached hydrogens (tertiary/aromatic N) is 1. The van der Waals surface area contributed by atoms with E-state index in [1.165, 1.54) is 10.5 Å². The first-order valence-corrected chi connectivity index (χ1v) is 8.57. The Balaban J connectivity index is 1.60. The minimum absolute atomic E-state index is 0.140. The molecule has 1 aliphatic rings. The highest BCUT2D eigenvalue weighted by Gasteiger charge is 2.38. The summed E-state index contributed by atoms with van der Waals surface area (Å²) in [6, 6.07) is 17.3. The van der Waals surface area contributed by atoms with Gasteiger partial charge in [0, 0.05) is 19.3 Å². The minimum Gasteiger partial charge on any atom is -0.493 e. The zero-order chi connectivity index (χ0) is 17.9. The molecule has 2 amide bonds. The zero-order valence-corrected chi connectivity index (χ0v) is 14.7. The van der Waals surface area contributed by atoms with Crippen LogP contribution in [0.4, 0.5) is 5.69 Å². The van der Waals surface area contributed by atoms with Crippen LogP contribution in [0.25, 0.3) is 0 Å². The fourth-order valence-electron chi connectivity index (χ4n) is 3.09. The molecule has 2 aromatic carbocycles. The number of hydrogen-bond donors (Lipinski definition) is 0. The van der Waals surface area contributed by atoms with Gasteiger partial charge in [-0.1, -0.05) is 44.2 Å². The number of carbonyl (C=O) groups is 2. The van der Waals surface area contributed by atoms with Crippen molar-refractivity contribution in [3.63, 3.8) is 0 Å². The number of piperidine rings is 1. The van der Waals surface area contributed by atoms with Gasteiger partial charge in [-0.05, 0) is 35.2 Å². The summed E-state index contributed by atoms with van der Waals surface area (Å²) in [7, 11) is 0. The third kappa shape index (κ3) is 4.27. The van der Waals surface area contributed by atoms with Gasteiger partial charge in [0.1, 0.15) is 5.75 Å². The molecule has 130 valence electrons.